The third kappa shape index (κ3) is 8.87. The normalized spacial score (nSPS) is 11.8. The monoisotopic (exact) mass is 711 g/mol. The van der Waals surface area contributed by atoms with E-state index in [0.29, 0.717) is 13.0 Å². The van der Waals surface area contributed by atoms with Crippen LogP contribution in [0.2, 0.25) is 5.02 Å². The van der Waals surface area contributed by atoms with Gasteiger partial charge in [0, 0.05) is 29.0 Å². The second-order valence-corrected chi connectivity index (χ2v) is 13.5. The third-order valence-corrected chi connectivity index (χ3v) is 9.58. The van der Waals surface area contributed by atoms with Crippen molar-refractivity contribution in [3.8, 4) is 5.75 Å². The second-order valence-electron chi connectivity index (χ2n) is 10.3. The van der Waals surface area contributed by atoms with E-state index < -0.39 is 28.5 Å². The molecule has 4 rings (SSSR count). The fraction of sp³-hybridized carbons (Fsp3) is 0.235. The third-order valence-electron chi connectivity index (χ3n) is 7.08. The van der Waals surface area contributed by atoms with Gasteiger partial charge in [-0.3, -0.25) is 13.9 Å². The Labute approximate surface area is 278 Å². The lowest BCUT2D eigenvalue weighted by Crippen LogP contribution is -2.53. The van der Waals surface area contributed by atoms with Gasteiger partial charge < -0.3 is 15.0 Å². The molecule has 0 saturated carbocycles. The molecule has 1 N–H and O–H groups in total. The number of methoxy groups -OCH3 is 1. The van der Waals surface area contributed by atoms with Gasteiger partial charge in [-0.15, -0.1) is 0 Å². The van der Waals surface area contributed by atoms with Crippen molar-refractivity contribution >= 4 is 55.1 Å². The van der Waals surface area contributed by atoms with Gasteiger partial charge in [0.1, 0.15) is 18.3 Å². The van der Waals surface area contributed by atoms with Crippen LogP contribution >= 0.6 is 27.5 Å². The first-order chi connectivity index (χ1) is 21.6. The summed E-state index contributed by atoms with van der Waals surface area (Å²) >= 11 is 9.83. The number of carbonyl (C=O) groups is 2. The summed E-state index contributed by atoms with van der Waals surface area (Å²) in [7, 11) is -2.88. The van der Waals surface area contributed by atoms with Gasteiger partial charge in [-0.1, -0.05) is 95.1 Å². The molecule has 0 aliphatic carbocycles. The average Bonchev–Trinajstić information content (AvgIpc) is 3.04. The minimum absolute atomic E-state index is 0.0140. The number of benzene rings is 4. The number of hydrogen-bond donors (Lipinski definition) is 1. The molecular formula is C34H35BrClN3O5S. The highest BCUT2D eigenvalue weighted by Crippen LogP contribution is 2.35. The Morgan fingerprint density at radius 3 is 2.22 bits per heavy atom. The molecule has 2 amide bonds. The van der Waals surface area contributed by atoms with Gasteiger partial charge in [-0.05, 0) is 60.0 Å². The second kappa shape index (κ2) is 15.9. The van der Waals surface area contributed by atoms with Crippen LogP contribution in [0.3, 0.4) is 0 Å². The van der Waals surface area contributed by atoms with Gasteiger partial charge in [-0.2, -0.15) is 0 Å². The zero-order chi connectivity index (χ0) is 32.4. The van der Waals surface area contributed by atoms with E-state index in [9.17, 15) is 18.0 Å². The van der Waals surface area contributed by atoms with Crippen LogP contribution in [0.4, 0.5) is 5.69 Å². The number of carbonyl (C=O) groups excluding carboxylic acids is 2. The first-order valence-electron chi connectivity index (χ1n) is 14.4. The van der Waals surface area contributed by atoms with Crippen LogP contribution in [0.25, 0.3) is 0 Å². The highest BCUT2D eigenvalue weighted by atomic mass is 79.9. The lowest BCUT2D eigenvalue weighted by molar-refractivity contribution is -0.140. The SMILES string of the molecule is CCCNC(=O)[C@@H](Cc1ccccc1)N(Cc1cccc(Br)c1)C(=O)CN(c1cc(Cl)ccc1OC)S(=O)(=O)c1ccccc1. The summed E-state index contributed by atoms with van der Waals surface area (Å²) in [6.07, 6.45) is 0.934. The molecule has 236 valence electrons. The fourth-order valence-corrected chi connectivity index (χ4v) is 6.89. The highest BCUT2D eigenvalue weighted by molar-refractivity contribution is 9.10. The summed E-state index contributed by atoms with van der Waals surface area (Å²) in [5, 5.41) is 3.20. The Bertz CT molecular complexity index is 1710. The van der Waals surface area contributed by atoms with Crippen molar-refractivity contribution in [3.63, 3.8) is 0 Å². The van der Waals surface area contributed by atoms with Gasteiger partial charge in [0.05, 0.1) is 17.7 Å². The molecule has 0 radical (unpaired) electrons. The van der Waals surface area contributed by atoms with E-state index in [1.165, 1.54) is 30.2 Å². The van der Waals surface area contributed by atoms with E-state index in [1.807, 2.05) is 61.5 Å². The lowest BCUT2D eigenvalue weighted by atomic mass is 10.0. The van der Waals surface area contributed by atoms with Crippen molar-refractivity contribution in [3.05, 3.63) is 124 Å². The van der Waals surface area contributed by atoms with Crippen molar-refractivity contribution in [2.75, 3.05) is 24.5 Å². The highest BCUT2D eigenvalue weighted by Gasteiger charge is 2.35. The first-order valence-corrected chi connectivity index (χ1v) is 17.0. The molecule has 45 heavy (non-hydrogen) atoms. The standard InChI is InChI=1S/C34H35BrClN3O5S/c1-3-19-37-34(41)31(21-25-11-6-4-7-12-25)38(23-26-13-10-14-27(35)20-26)33(40)24-39(30-22-28(36)17-18-32(30)44-2)45(42,43)29-15-8-5-9-16-29/h4-18,20,22,31H,3,19,21,23-24H2,1-2H3,(H,37,41)/t31-/m1/s1. The van der Waals surface area contributed by atoms with E-state index in [2.05, 4.69) is 21.2 Å². The van der Waals surface area contributed by atoms with Crippen LogP contribution in [0.5, 0.6) is 5.75 Å². The van der Waals surface area contributed by atoms with Crippen molar-refractivity contribution in [1.82, 2.24) is 10.2 Å². The molecule has 4 aromatic carbocycles. The predicted molar refractivity (Wildman–Crippen MR) is 181 cm³/mol. The minimum Gasteiger partial charge on any atom is -0.495 e. The number of anilines is 1. The number of sulfonamides is 1. The zero-order valence-electron chi connectivity index (χ0n) is 25.0. The molecule has 0 aliphatic heterocycles. The van der Waals surface area contributed by atoms with Crippen molar-refractivity contribution in [1.29, 1.82) is 0 Å². The van der Waals surface area contributed by atoms with Crippen LogP contribution < -0.4 is 14.4 Å². The molecule has 8 nitrogen and oxygen atoms in total. The smallest absolute Gasteiger partial charge is 0.264 e. The van der Waals surface area contributed by atoms with Crippen molar-refractivity contribution in [2.24, 2.45) is 0 Å². The molecule has 0 bridgehead atoms. The zero-order valence-corrected chi connectivity index (χ0v) is 28.2. The van der Waals surface area contributed by atoms with E-state index in [1.54, 1.807) is 30.3 Å². The predicted octanol–water partition coefficient (Wildman–Crippen LogP) is 6.47. The molecule has 0 spiro atoms. The first kappa shape index (κ1) is 34.0. The van der Waals surface area contributed by atoms with Crippen LogP contribution in [0, 0.1) is 0 Å². The van der Waals surface area contributed by atoms with Crippen LogP contribution in [-0.2, 0) is 32.6 Å². The van der Waals surface area contributed by atoms with Crippen LogP contribution in [-0.4, -0.2) is 51.4 Å². The van der Waals surface area contributed by atoms with Gasteiger partial charge in [0.25, 0.3) is 10.0 Å². The summed E-state index contributed by atoms with van der Waals surface area (Å²) in [4.78, 5) is 29.7. The molecule has 0 fully saturated rings. The van der Waals surface area contributed by atoms with Gasteiger partial charge in [0.2, 0.25) is 11.8 Å². The molecule has 0 heterocycles. The number of nitrogens with zero attached hydrogens (tertiary/aromatic N) is 2. The molecular weight excluding hydrogens is 678 g/mol. The molecule has 0 saturated heterocycles. The maximum absolute atomic E-state index is 14.5. The number of amides is 2. The molecule has 4 aromatic rings. The largest absolute Gasteiger partial charge is 0.495 e. The molecule has 0 aromatic heterocycles. The number of nitrogens with one attached hydrogen (secondary N) is 1. The number of rotatable bonds is 14. The molecule has 1 atom stereocenters. The minimum atomic E-state index is -4.29. The number of halogens is 2. The van der Waals surface area contributed by atoms with Crippen molar-refractivity contribution < 1.29 is 22.7 Å². The summed E-state index contributed by atoms with van der Waals surface area (Å²) < 4.78 is 35.7. The topological polar surface area (TPSA) is 96.0 Å². The summed E-state index contributed by atoms with van der Waals surface area (Å²) in [5.41, 5.74) is 1.71. The van der Waals surface area contributed by atoms with Crippen LogP contribution in [0.15, 0.2) is 112 Å². The summed E-state index contributed by atoms with van der Waals surface area (Å²) in [6, 6.07) is 28.3. The van der Waals surface area contributed by atoms with Crippen LogP contribution in [0.1, 0.15) is 24.5 Å². The van der Waals surface area contributed by atoms with Gasteiger partial charge in [0.15, 0.2) is 0 Å². The fourth-order valence-electron chi connectivity index (χ4n) is 4.84. The average molecular weight is 713 g/mol. The maximum atomic E-state index is 14.5. The maximum Gasteiger partial charge on any atom is 0.264 e. The number of hydrogen-bond acceptors (Lipinski definition) is 5. The van der Waals surface area contributed by atoms with E-state index >= 15 is 0 Å². The molecule has 0 unspecified atom stereocenters. The summed E-state index contributed by atoms with van der Waals surface area (Å²) in [5.74, 6) is -0.697. The molecule has 11 heteroatoms. The number of ether oxygens (including phenoxy) is 1. The Hall–Kier alpha value is -3.86. The summed E-state index contributed by atoms with van der Waals surface area (Å²) in [6.45, 7) is 1.81. The van der Waals surface area contributed by atoms with E-state index in [4.69, 9.17) is 16.3 Å². The Morgan fingerprint density at radius 1 is 0.911 bits per heavy atom. The van der Waals surface area contributed by atoms with Gasteiger partial charge >= 0.3 is 0 Å². The van der Waals surface area contributed by atoms with E-state index in [0.717, 1.165) is 19.9 Å². The molecule has 0 aliphatic rings. The van der Waals surface area contributed by atoms with Crippen molar-refractivity contribution in [2.45, 2.75) is 37.2 Å². The Morgan fingerprint density at radius 2 is 1.58 bits per heavy atom. The Kier molecular flexibility index (Phi) is 12.0. The Balaban J connectivity index is 1.84. The lowest BCUT2D eigenvalue weighted by Gasteiger charge is -2.34. The van der Waals surface area contributed by atoms with E-state index in [-0.39, 0.29) is 40.2 Å². The van der Waals surface area contributed by atoms with Gasteiger partial charge in [-0.25, -0.2) is 8.42 Å². The quantitative estimate of drug-likeness (QED) is 0.162.